The number of fused-ring (bicyclic) bond motifs is 9. The molecule has 10 rings (SSSR count). The Morgan fingerprint density at radius 3 is 1.53 bits per heavy atom. The molecule has 0 amide bonds. The van der Waals surface area contributed by atoms with Gasteiger partial charge in [0.05, 0.1) is 0 Å². The summed E-state index contributed by atoms with van der Waals surface area (Å²) in [4.78, 5) is 0. The topological polar surface area (TPSA) is 9.23 Å². The first-order valence-corrected chi connectivity index (χ1v) is 15.5. The molecule has 0 unspecified atom stereocenters. The molecule has 45 heavy (non-hydrogen) atoms. The molecule has 0 aromatic heterocycles. The summed E-state index contributed by atoms with van der Waals surface area (Å²) in [6.45, 7) is 0. The van der Waals surface area contributed by atoms with Gasteiger partial charge in [-0.1, -0.05) is 140 Å². The van der Waals surface area contributed by atoms with E-state index in [9.17, 15) is 0 Å². The highest BCUT2D eigenvalue weighted by molar-refractivity contribution is 6.36. The van der Waals surface area contributed by atoms with E-state index in [1.54, 1.807) is 0 Å². The quantitative estimate of drug-likeness (QED) is 0.148. The van der Waals surface area contributed by atoms with Crippen LogP contribution in [0.25, 0.3) is 87.2 Å². The van der Waals surface area contributed by atoms with E-state index in [0.717, 1.165) is 17.1 Å². The highest BCUT2D eigenvalue weighted by atomic mass is 16.5. The zero-order chi connectivity index (χ0) is 29.5. The second-order valence-corrected chi connectivity index (χ2v) is 12.0. The van der Waals surface area contributed by atoms with Gasteiger partial charge in [0, 0.05) is 10.9 Å². The smallest absolute Gasteiger partial charge is 0.135 e. The van der Waals surface area contributed by atoms with Crippen LogP contribution in [0.5, 0.6) is 11.5 Å². The molecule has 0 radical (unpaired) electrons. The van der Waals surface area contributed by atoms with Crippen LogP contribution in [0.15, 0.2) is 158 Å². The molecule has 9 aromatic carbocycles. The predicted octanol–water partition coefficient (Wildman–Crippen LogP) is 12.6. The summed E-state index contributed by atoms with van der Waals surface area (Å²) in [7, 11) is 0. The first-order chi connectivity index (χ1) is 22.3. The summed E-state index contributed by atoms with van der Waals surface area (Å²) in [5.74, 6) is 1.82. The lowest BCUT2D eigenvalue weighted by atomic mass is 9.81. The van der Waals surface area contributed by atoms with E-state index in [1.165, 1.54) is 81.7 Å². The highest BCUT2D eigenvalue weighted by Crippen LogP contribution is 2.52. The average molecular weight is 571 g/mol. The van der Waals surface area contributed by atoms with Gasteiger partial charge < -0.3 is 4.74 Å². The summed E-state index contributed by atoms with van der Waals surface area (Å²) in [5, 5.41) is 12.6. The van der Waals surface area contributed by atoms with Gasteiger partial charge in [0.15, 0.2) is 0 Å². The van der Waals surface area contributed by atoms with Gasteiger partial charge in [0.25, 0.3) is 0 Å². The summed E-state index contributed by atoms with van der Waals surface area (Å²) >= 11 is 0. The second-order valence-electron chi connectivity index (χ2n) is 12.0. The molecular weight excluding hydrogens is 544 g/mol. The second kappa shape index (κ2) is 9.29. The molecule has 0 saturated carbocycles. The van der Waals surface area contributed by atoms with E-state index >= 15 is 0 Å². The molecule has 0 saturated heterocycles. The molecule has 1 aliphatic heterocycles. The molecule has 208 valence electrons. The Bertz CT molecular complexity index is 2660. The lowest BCUT2D eigenvalue weighted by Crippen LogP contribution is -1.98. The Balaban J connectivity index is 1.42. The number of rotatable bonds is 2. The van der Waals surface area contributed by atoms with E-state index in [0.29, 0.717) is 0 Å². The lowest BCUT2D eigenvalue weighted by molar-refractivity contribution is 0.487. The van der Waals surface area contributed by atoms with Crippen LogP contribution in [0.3, 0.4) is 0 Å². The molecule has 1 heteroatoms. The van der Waals surface area contributed by atoms with Crippen molar-refractivity contribution < 1.29 is 4.74 Å². The molecule has 0 N–H and O–H groups in total. The van der Waals surface area contributed by atoms with Crippen molar-refractivity contribution in [3.8, 4) is 44.9 Å². The van der Waals surface area contributed by atoms with Crippen LogP contribution in [0, 0.1) is 0 Å². The lowest BCUT2D eigenvalue weighted by Gasteiger charge is -2.24. The fraction of sp³-hybridized carbons (Fsp3) is 0. The van der Waals surface area contributed by atoms with Crippen molar-refractivity contribution in [3.63, 3.8) is 0 Å². The minimum atomic E-state index is 0.898. The first-order valence-electron chi connectivity index (χ1n) is 15.5. The van der Waals surface area contributed by atoms with Crippen molar-refractivity contribution in [2.24, 2.45) is 0 Å². The maximum absolute atomic E-state index is 6.52. The Labute approximate surface area is 260 Å². The number of hydrogen-bond acceptors (Lipinski definition) is 1. The first kappa shape index (κ1) is 24.5. The van der Waals surface area contributed by atoms with Gasteiger partial charge in [-0.05, 0) is 94.5 Å². The van der Waals surface area contributed by atoms with E-state index in [1.807, 2.05) is 0 Å². The van der Waals surface area contributed by atoms with Crippen LogP contribution < -0.4 is 4.74 Å². The average Bonchev–Trinajstić information content (AvgIpc) is 3.11. The molecule has 1 nitrogen and oxygen atoms in total. The summed E-state index contributed by atoms with van der Waals surface area (Å²) in [5.41, 5.74) is 7.31. The van der Waals surface area contributed by atoms with Gasteiger partial charge in [0.1, 0.15) is 11.5 Å². The molecule has 0 bridgehead atoms. The van der Waals surface area contributed by atoms with Crippen LogP contribution in [-0.2, 0) is 0 Å². The van der Waals surface area contributed by atoms with E-state index in [4.69, 9.17) is 4.74 Å². The van der Waals surface area contributed by atoms with Crippen LogP contribution in [-0.4, -0.2) is 0 Å². The normalized spacial score (nSPS) is 12.2. The minimum absolute atomic E-state index is 0.898. The fourth-order valence-corrected chi connectivity index (χ4v) is 7.77. The molecular formula is C44H26O. The summed E-state index contributed by atoms with van der Waals surface area (Å²) < 4.78 is 6.52. The van der Waals surface area contributed by atoms with Gasteiger partial charge in [0.2, 0.25) is 0 Å². The molecule has 9 aromatic rings. The molecule has 1 aliphatic rings. The predicted molar refractivity (Wildman–Crippen MR) is 190 cm³/mol. The molecule has 0 fully saturated rings. The SMILES string of the molecule is c1ccc(-c2c3ccccc3c(-c3ccc4c(c3)-c3cccc5cccc(c35)O4)c3c4ccccc4c4ccccc4c23)cc1. The molecule has 0 spiro atoms. The largest absolute Gasteiger partial charge is 0.456 e. The third kappa shape index (κ3) is 3.44. The van der Waals surface area contributed by atoms with Gasteiger partial charge in [-0.3, -0.25) is 0 Å². The highest BCUT2D eigenvalue weighted by Gasteiger charge is 2.24. The van der Waals surface area contributed by atoms with Crippen LogP contribution in [0.2, 0.25) is 0 Å². The van der Waals surface area contributed by atoms with E-state index in [-0.39, 0.29) is 0 Å². The van der Waals surface area contributed by atoms with Crippen LogP contribution in [0.4, 0.5) is 0 Å². The van der Waals surface area contributed by atoms with Gasteiger partial charge in [-0.2, -0.15) is 0 Å². The van der Waals surface area contributed by atoms with Crippen molar-refractivity contribution in [2.45, 2.75) is 0 Å². The summed E-state index contributed by atoms with van der Waals surface area (Å²) in [6.07, 6.45) is 0. The maximum Gasteiger partial charge on any atom is 0.135 e. The van der Waals surface area contributed by atoms with Gasteiger partial charge in [-0.15, -0.1) is 0 Å². The van der Waals surface area contributed by atoms with Gasteiger partial charge >= 0.3 is 0 Å². The van der Waals surface area contributed by atoms with Crippen molar-refractivity contribution >= 4 is 53.9 Å². The molecule has 0 atom stereocenters. The van der Waals surface area contributed by atoms with Gasteiger partial charge in [-0.25, -0.2) is 0 Å². The maximum atomic E-state index is 6.52. The number of ether oxygens (including phenoxy) is 1. The van der Waals surface area contributed by atoms with E-state index in [2.05, 4.69) is 158 Å². The van der Waals surface area contributed by atoms with Crippen molar-refractivity contribution in [1.29, 1.82) is 0 Å². The van der Waals surface area contributed by atoms with E-state index < -0.39 is 0 Å². The Kier molecular flexibility index (Phi) is 5.06. The monoisotopic (exact) mass is 570 g/mol. The zero-order valence-electron chi connectivity index (χ0n) is 24.4. The molecule has 1 heterocycles. The number of benzene rings is 9. The Morgan fingerprint density at radius 2 is 0.867 bits per heavy atom. The Hall–Kier alpha value is -5.92. The Morgan fingerprint density at radius 1 is 0.311 bits per heavy atom. The van der Waals surface area contributed by atoms with Crippen LogP contribution in [0.1, 0.15) is 0 Å². The standard InChI is InChI=1S/C44H26O/c1-2-12-28(13-3-1)41-34-20-8-9-21-35(34)42(44-33-19-7-5-17-31(33)30-16-4-6-18-32(30)43(41)44)29-24-25-38-37(26-29)36-22-10-14-27-15-11-23-39(45-38)40(27)36/h1-26H. The van der Waals surface area contributed by atoms with Crippen LogP contribution >= 0.6 is 0 Å². The van der Waals surface area contributed by atoms with Crippen molar-refractivity contribution in [3.05, 3.63) is 158 Å². The number of hydrogen-bond donors (Lipinski definition) is 0. The molecule has 0 aliphatic carbocycles. The van der Waals surface area contributed by atoms with Crippen molar-refractivity contribution in [2.75, 3.05) is 0 Å². The fourth-order valence-electron chi connectivity index (χ4n) is 7.77. The third-order valence-electron chi connectivity index (χ3n) is 9.61. The summed E-state index contributed by atoms with van der Waals surface area (Å²) in [6, 6.07) is 57.3. The zero-order valence-corrected chi connectivity index (χ0v) is 24.4. The third-order valence-corrected chi connectivity index (χ3v) is 9.61. The minimum Gasteiger partial charge on any atom is -0.456 e. The van der Waals surface area contributed by atoms with Crippen molar-refractivity contribution in [1.82, 2.24) is 0 Å².